The van der Waals surface area contributed by atoms with E-state index in [-0.39, 0.29) is 17.8 Å². The molecule has 0 spiro atoms. The number of halogens is 1. The van der Waals surface area contributed by atoms with Crippen LogP contribution in [-0.4, -0.2) is 35.0 Å². The summed E-state index contributed by atoms with van der Waals surface area (Å²) >= 11 is 0. The van der Waals surface area contributed by atoms with Crippen molar-refractivity contribution in [3.05, 3.63) is 60.2 Å². The first-order valence-electron chi connectivity index (χ1n) is 8.29. The summed E-state index contributed by atoms with van der Waals surface area (Å²) in [6.45, 7) is 1.31. The monoisotopic (exact) mass is 326 g/mol. The standard InChI is InChI=1S/C19H19FN2O2/c20-15-3-1-14(2-4-15)19(8-9-19)18(23)22-12-7-17(13-22)24-16-5-10-21-11-6-16/h1-6,10-11,17H,7-9,12-13H2. The molecular weight excluding hydrogens is 307 g/mol. The fourth-order valence-corrected chi connectivity index (χ4v) is 3.44. The summed E-state index contributed by atoms with van der Waals surface area (Å²) in [4.78, 5) is 18.8. The molecule has 2 aromatic rings. The third-order valence-electron chi connectivity index (χ3n) is 4.94. The topological polar surface area (TPSA) is 42.4 Å². The number of pyridine rings is 1. The molecule has 5 heteroatoms. The summed E-state index contributed by atoms with van der Waals surface area (Å²) in [5, 5.41) is 0. The number of hydrogen-bond donors (Lipinski definition) is 0. The highest BCUT2D eigenvalue weighted by Crippen LogP contribution is 2.50. The van der Waals surface area contributed by atoms with Crippen molar-refractivity contribution in [1.29, 1.82) is 0 Å². The third-order valence-corrected chi connectivity index (χ3v) is 4.94. The van der Waals surface area contributed by atoms with E-state index in [1.807, 2.05) is 17.0 Å². The van der Waals surface area contributed by atoms with Gasteiger partial charge >= 0.3 is 0 Å². The number of ether oxygens (including phenoxy) is 1. The molecule has 4 nitrogen and oxygen atoms in total. The first-order valence-corrected chi connectivity index (χ1v) is 8.29. The fourth-order valence-electron chi connectivity index (χ4n) is 3.44. The Labute approximate surface area is 140 Å². The molecule has 2 aliphatic rings. The van der Waals surface area contributed by atoms with Gasteiger partial charge in [-0.05, 0) is 42.7 Å². The zero-order valence-corrected chi connectivity index (χ0v) is 13.3. The minimum absolute atomic E-state index is 0.0142. The van der Waals surface area contributed by atoms with Crippen molar-refractivity contribution in [3.8, 4) is 5.75 Å². The molecule has 2 heterocycles. The molecule has 24 heavy (non-hydrogen) atoms. The van der Waals surface area contributed by atoms with E-state index in [1.165, 1.54) is 12.1 Å². The predicted molar refractivity (Wildman–Crippen MR) is 87.2 cm³/mol. The molecule has 1 amide bonds. The summed E-state index contributed by atoms with van der Waals surface area (Å²) in [7, 11) is 0. The number of benzene rings is 1. The third kappa shape index (κ3) is 2.75. The largest absolute Gasteiger partial charge is 0.488 e. The summed E-state index contributed by atoms with van der Waals surface area (Å²) in [6, 6.07) is 9.99. The molecule has 1 saturated heterocycles. The van der Waals surface area contributed by atoms with Gasteiger partial charge in [0.15, 0.2) is 0 Å². The van der Waals surface area contributed by atoms with Gasteiger partial charge in [-0.1, -0.05) is 12.1 Å². The minimum atomic E-state index is -0.445. The van der Waals surface area contributed by atoms with Crippen molar-refractivity contribution in [1.82, 2.24) is 9.88 Å². The average molecular weight is 326 g/mol. The van der Waals surface area contributed by atoms with Gasteiger partial charge in [0.05, 0.1) is 12.0 Å². The number of hydrogen-bond acceptors (Lipinski definition) is 3. The number of carbonyl (C=O) groups is 1. The lowest BCUT2D eigenvalue weighted by molar-refractivity contribution is -0.133. The molecule has 1 atom stereocenters. The normalized spacial score (nSPS) is 21.5. The van der Waals surface area contributed by atoms with Crippen molar-refractivity contribution in [2.24, 2.45) is 0 Å². The first kappa shape index (κ1) is 15.1. The van der Waals surface area contributed by atoms with Crippen LogP contribution in [0.2, 0.25) is 0 Å². The maximum Gasteiger partial charge on any atom is 0.233 e. The minimum Gasteiger partial charge on any atom is -0.488 e. The number of carbonyl (C=O) groups excluding carboxylic acids is 1. The molecule has 0 N–H and O–H groups in total. The summed E-state index contributed by atoms with van der Waals surface area (Å²) < 4.78 is 19.1. The number of rotatable bonds is 4. The van der Waals surface area contributed by atoms with E-state index in [9.17, 15) is 9.18 Å². The van der Waals surface area contributed by atoms with Crippen LogP contribution in [0.25, 0.3) is 0 Å². The van der Waals surface area contributed by atoms with E-state index in [0.717, 1.165) is 30.6 Å². The second kappa shape index (κ2) is 5.89. The van der Waals surface area contributed by atoms with E-state index in [2.05, 4.69) is 4.98 Å². The number of likely N-dealkylation sites (tertiary alicyclic amines) is 1. The molecule has 1 aromatic carbocycles. The highest BCUT2D eigenvalue weighted by atomic mass is 19.1. The van der Waals surface area contributed by atoms with Gasteiger partial charge in [-0.25, -0.2) is 4.39 Å². The molecule has 1 aliphatic carbocycles. The quantitative estimate of drug-likeness (QED) is 0.867. The molecule has 1 aromatic heterocycles. The van der Waals surface area contributed by atoms with Gasteiger partial charge in [0.25, 0.3) is 0 Å². The second-order valence-electron chi connectivity index (χ2n) is 6.55. The Morgan fingerprint density at radius 3 is 2.54 bits per heavy atom. The van der Waals surface area contributed by atoms with Gasteiger partial charge in [0.2, 0.25) is 5.91 Å². The van der Waals surface area contributed by atoms with E-state index in [0.29, 0.717) is 13.1 Å². The molecule has 0 bridgehead atoms. The van der Waals surface area contributed by atoms with Crippen molar-refractivity contribution in [3.63, 3.8) is 0 Å². The first-order chi connectivity index (χ1) is 11.7. The lowest BCUT2D eigenvalue weighted by Crippen LogP contribution is -2.38. The molecule has 124 valence electrons. The van der Waals surface area contributed by atoms with Crippen LogP contribution in [0.4, 0.5) is 4.39 Å². The van der Waals surface area contributed by atoms with Crippen LogP contribution in [0.15, 0.2) is 48.8 Å². The summed E-state index contributed by atoms with van der Waals surface area (Å²) in [5.41, 5.74) is 0.478. The summed E-state index contributed by atoms with van der Waals surface area (Å²) in [6.07, 6.45) is 5.91. The highest BCUT2D eigenvalue weighted by molar-refractivity contribution is 5.91. The van der Waals surface area contributed by atoms with Crippen LogP contribution >= 0.6 is 0 Å². The molecular formula is C19H19FN2O2. The van der Waals surface area contributed by atoms with Gasteiger partial charge in [-0.3, -0.25) is 9.78 Å². The van der Waals surface area contributed by atoms with Crippen LogP contribution in [0, 0.1) is 5.82 Å². The SMILES string of the molecule is O=C(N1CCC(Oc2ccncc2)C1)C1(c2ccc(F)cc2)CC1. The van der Waals surface area contributed by atoms with E-state index >= 15 is 0 Å². The Hall–Kier alpha value is -2.43. The maximum absolute atomic E-state index is 13.1. The second-order valence-corrected chi connectivity index (χ2v) is 6.55. The van der Waals surface area contributed by atoms with Crippen LogP contribution in [-0.2, 0) is 10.2 Å². The Morgan fingerprint density at radius 2 is 1.88 bits per heavy atom. The van der Waals surface area contributed by atoms with Crippen molar-refractivity contribution < 1.29 is 13.9 Å². The van der Waals surface area contributed by atoms with Crippen LogP contribution in [0.1, 0.15) is 24.8 Å². The van der Waals surface area contributed by atoms with Gasteiger partial charge in [-0.15, -0.1) is 0 Å². The molecule has 4 rings (SSSR count). The fraction of sp³-hybridized carbons (Fsp3) is 0.368. The van der Waals surface area contributed by atoms with Crippen molar-refractivity contribution in [2.75, 3.05) is 13.1 Å². The Kier molecular flexibility index (Phi) is 3.71. The molecule has 1 saturated carbocycles. The van der Waals surface area contributed by atoms with Crippen LogP contribution < -0.4 is 4.74 Å². The van der Waals surface area contributed by atoms with Gasteiger partial charge in [0, 0.05) is 25.4 Å². The average Bonchev–Trinajstić information content (AvgIpc) is 3.29. The van der Waals surface area contributed by atoms with Gasteiger partial charge in [0.1, 0.15) is 17.7 Å². The lowest BCUT2D eigenvalue weighted by Gasteiger charge is -2.23. The Balaban J connectivity index is 1.43. The molecule has 0 radical (unpaired) electrons. The Morgan fingerprint density at radius 1 is 1.17 bits per heavy atom. The Bertz CT molecular complexity index is 729. The molecule has 1 unspecified atom stereocenters. The molecule has 2 fully saturated rings. The van der Waals surface area contributed by atoms with Gasteiger partial charge < -0.3 is 9.64 Å². The van der Waals surface area contributed by atoms with Crippen molar-refractivity contribution in [2.45, 2.75) is 30.8 Å². The number of nitrogens with zero attached hydrogens (tertiary/aromatic N) is 2. The molecule has 1 aliphatic heterocycles. The lowest BCUT2D eigenvalue weighted by atomic mass is 9.94. The van der Waals surface area contributed by atoms with Crippen molar-refractivity contribution >= 4 is 5.91 Å². The summed E-state index contributed by atoms with van der Waals surface area (Å²) in [5.74, 6) is 0.660. The van der Waals surface area contributed by atoms with Crippen LogP contribution in [0.3, 0.4) is 0 Å². The van der Waals surface area contributed by atoms with Crippen LogP contribution in [0.5, 0.6) is 5.75 Å². The zero-order valence-electron chi connectivity index (χ0n) is 13.3. The van der Waals surface area contributed by atoms with E-state index in [4.69, 9.17) is 4.74 Å². The number of amides is 1. The van der Waals surface area contributed by atoms with E-state index in [1.54, 1.807) is 24.5 Å². The maximum atomic E-state index is 13.1. The number of aromatic nitrogens is 1. The zero-order chi connectivity index (χ0) is 16.6. The predicted octanol–water partition coefficient (Wildman–Crippen LogP) is 2.93. The smallest absolute Gasteiger partial charge is 0.233 e. The van der Waals surface area contributed by atoms with Gasteiger partial charge in [-0.2, -0.15) is 0 Å². The highest BCUT2D eigenvalue weighted by Gasteiger charge is 2.53. The van der Waals surface area contributed by atoms with E-state index < -0.39 is 5.41 Å².